The van der Waals surface area contributed by atoms with Gasteiger partial charge in [-0.1, -0.05) is 5.16 Å². The molecule has 176 valence electrons. The summed E-state index contributed by atoms with van der Waals surface area (Å²) in [5.74, 6) is 1.02. The molecule has 0 aliphatic heterocycles. The molecular formula is C21H23N3O8S. The number of carbonyl (C=O) groups is 1. The molecule has 0 unspecified atom stereocenters. The van der Waals surface area contributed by atoms with Crippen molar-refractivity contribution in [3.05, 3.63) is 48.4 Å². The van der Waals surface area contributed by atoms with Gasteiger partial charge in [-0.25, -0.2) is 8.42 Å². The third-order valence-corrected chi connectivity index (χ3v) is 6.07. The molecule has 3 rings (SSSR count). The molecule has 0 saturated carbocycles. The highest BCUT2D eigenvalue weighted by atomic mass is 32.2. The van der Waals surface area contributed by atoms with Crippen molar-refractivity contribution >= 4 is 16.0 Å². The van der Waals surface area contributed by atoms with Crippen molar-refractivity contribution in [2.24, 2.45) is 0 Å². The maximum Gasteiger partial charge on any atom is 0.324 e. The van der Waals surface area contributed by atoms with E-state index in [1.54, 1.807) is 18.2 Å². The molecule has 1 N–H and O–H groups in total. The predicted octanol–water partition coefficient (Wildman–Crippen LogP) is 2.17. The molecule has 12 heteroatoms. The summed E-state index contributed by atoms with van der Waals surface area (Å²) in [5.41, 5.74) is 0.556. The Bertz CT molecular complexity index is 1210. The van der Waals surface area contributed by atoms with Gasteiger partial charge in [-0.05, 0) is 43.3 Å². The number of carbonyl (C=O) groups excluding carboxylic acids is 1. The number of sulfonamides is 1. The highest BCUT2D eigenvalue weighted by Crippen LogP contribution is 2.31. The molecule has 0 radical (unpaired) electrons. The number of hydrogen-bond donors (Lipinski definition) is 1. The topological polar surface area (TPSA) is 139 Å². The van der Waals surface area contributed by atoms with E-state index in [0.717, 1.165) is 0 Å². The van der Waals surface area contributed by atoms with Gasteiger partial charge in [0.25, 0.3) is 5.89 Å². The fraction of sp³-hybridized carbons (Fsp3) is 0.286. The van der Waals surface area contributed by atoms with Crippen LogP contribution in [0.2, 0.25) is 0 Å². The van der Waals surface area contributed by atoms with Crippen LogP contribution in [0.15, 0.2) is 51.9 Å². The fourth-order valence-electron chi connectivity index (χ4n) is 2.77. The van der Waals surface area contributed by atoms with Gasteiger partial charge in [0.05, 0.1) is 31.8 Å². The number of hydrogen-bond acceptors (Lipinski definition) is 10. The minimum Gasteiger partial charge on any atom is -0.497 e. The van der Waals surface area contributed by atoms with Gasteiger partial charge >= 0.3 is 5.97 Å². The summed E-state index contributed by atoms with van der Waals surface area (Å²) in [5, 5.41) is 3.87. The molecule has 0 aliphatic carbocycles. The fourth-order valence-corrected chi connectivity index (χ4v) is 3.96. The van der Waals surface area contributed by atoms with E-state index in [1.165, 1.54) is 52.5 Å². The second-order valence-electron chi connectivity index (χ2n) is 6.70. The Labute approximate surface area is 190 Å². The molecule has 1 atom stereocenters. The lowest BCUT2D eigenvalue weighted by molar-refractivity contribution is -0.147. The molecule has 0 bridgehead atoms. The van der Waals surface area contributed by atoms with Crippen LogP contribution in [0.4, 0.5) is 0 Å². The van der Waals surface area contributed by atoms with E-state index in [4.69, 9.17) is 23.5 Å². The molecular weight excluding hydrogens is 454 g/mol. The Balaban J connectivity index is 1.61. The highest BCUT2D eigenvalue weighted by Gasteiger charge is 2.24. The summed E-state index contributed by atoms with van der Waals surface area (Å²) in [6, 6.07) is 9.67. The van der Waals surface area contributed by atoms with Gasteiger partial charge in [0.1, 0.15) is 23.3 Å². The SMILES string of the molecule is COc1ccc(S(=O)(=O)N[C@@H](C)C(=O)OCc2nc(-c3ccc(OC)cc3OC)no2)cc1. The summed E-state index contributed by atoms with van der Waals surface area (Å²) in [6.07, 6.45) is 0. The zero-order valence-corrected chi connectivity index (χ0v) is 19.2. The lowest BCUT2D eigenvalue weighted by Gasteiger charge is -2.13. The second kappa shape index (κ2) is 10.3. The number of esters is 1. The van der Waals surface area contributed by atoms with E-state index >= 15 is 0 Å². The van der Waals surface area contributed by atoms with E-state index in [-0.39, 0.29) is 23.2 Å². The van der Waals surface area contributed by atoms with E-state index in [9.17, 15) is 13.2 Å². The maximum absolute atomic E-state index is 12.5. The van der Waals surface area contributed by atoms with Crippen LogP contribution in [0.3, 0.4) is 0 Å². The van der Waals surface area contributed by atoms with Crippen molar-refractivity contribution in [2.75, 3.05) is 21.3 Å². The van der Waals surface area contributed by atoms with Crippen LogP contribution in [-0.2, 0) is 26.2 Å². The van der Waals surface area contributed by atoms with Gasteiger partial charge in [-0.15, -0.1) is 0 Å². The van der Waals surface area contributed by atoms with Crippen LogP contribution in [0.1, 0.15) is 12.8 Å². The van der Waals surface area contributed by atoms with Crippen LogP contribution in [-0.4, -0.2) is 51.9 Å². The zero-order chi connectivity index (χ0) is 24.0. The first kappa shape index (κ1) is 24.0. The smallest absolute Gasteiger partial charge is 0.324 e. The van der Waals surface area contributed by atoms with Crippen LogP contribution in [0.25, 0.3) is 11.4 Å². The van der Waals surface area contributed by atoms with Crippen molar-refractivity contribution in [1.82, 2.24) is 14.9 Å². The number of nitrogens with zero attached hydrogens (tertiary/aromatic N) is 2. The quantitative estimate of drug-likeness (QED) is 0.432. The normalized spacial score (nSPS) is 12.1. The van der Waals surface area contributed by atoms with E-state index in [1.807, 2.05) is 0 Å². The summed E-state index contributed by atoms with van der Waals surface area (Å²) in [6.45, 7) is 1.03. The van der Waals surface area contributed by atoms with Crippen LogP contribution in [0, 0.1) is 0 Å². The monoisotopic (exact) mass is 477 g/mol. The number of ether oxygens (including phenoxy) is 4. The van der Waals surface area contributed by atoms with Crippen LogP contribution >= 0.6 is 0 Å². The van der Waals surface area contributed by atoms with Gasteiger partial charge in [0, 0.05) is 6.07 Å². The minimum absolute atomic E-state index is 0.0158. The standard InChI is InChI=1S/C21H23N3O8S/c1-13(24-33(26,27)16-8-5-14(28-2)6-9-16)21(25)31-12-19-22-20(23-32-19)17-10-7-15(29-3)11-18(17)30-4/h5-11,13,24H,12H2,1-4H3/t13-/m0/s1. The van der Waals surface area contributed by atoms with Crippen LogP contribution < -0.4 is 18.9 Å². The summed E-state index contributed by atoms with van der Waals surface area (Å²) in [7, 11) is 0.563. The maximum atomic E-state index is 12.5. The van der Waals surface area contributed by atoms with Gasteiger partial charge in [0.15, 0.2) is 6.61 Å². The lowest BCUT2D eigenvalue weighted by atomic mass is 10.2. The third-order valence-electron chi connectivity index (χ3n) is 4.51. The minimum atomic E-state index is -3.94. The molecule has 11 nitrogen and oxygen atoms in total. The Kier molecular flexibility index (Phi) is 7.51. The van der Waals surface area contributed by atoms with Crippen molar-refractivity contribution in [1.29, 1.82) is 0 Å². The van der Waals surface area contributed by atoms with Gasteiger partial charge in [-0.2, -0.15) is 9.71 Å². The van der Waals surface area contributed by atoms with E-state index in [0.29, 0.717) is 22.8 Å². The summed E-state index contributed by atoms with van der Waals surface area (Å²) < 4.78 is 52.9. The predicted molar refractivity (Wildman–Crippen MR) is 115 cm³/mol. The number of aromatic nitrogens is 2. The Morgan fingerprint density at radius 2 is 1.70 bits per heavy atom. The van der Waals surface area contributed by atoms with Gasteiger partial charge < -0.3 is 23.5 Å². The van der Waals surface area contributed by atoms with Crippen molar-refractivity contribution < 1.29 is 36.7 Å². The second-order valence-corrected chi connectivity index (χ2v) is 8.42. The van der Waals surface area contributed by atoms with Crippen molar-refractivity contribution in [3.8, 4) is 28.6 Å². The lowest BCUT2D eigenvalue weighted by Crippen LogP contribution is -2.39. The van der Waals surface area contributed by atoms with Gasteiger partial charge in [-0.3, -0.25) is 4.79 Å². The van der Waals surface area contributed by atoms with Crippen LogP contribution in [0.5, 0.6) is 17.2 Å². The average Bonchev–Trinajstić information content (AvgIpc) is 3.30. The molecule has 33 heavy (non-hydrogen) atoms. The molecule has 0 amide bonds. The number of methoxy groups -OCH3 is 3. The Morgan fingerprint density at radius 1 is 1.03 bits per heavy atom. The first-order chi connectivity index (χ1) is 15.8. The van der Waals surface area contributed by atoms with Gasteiger partial charge in [0.2, 0.25) is 15.8 Å². The number of nitrogens with one attached hydrogen (secondary N) is 1. The molecule has 0 fully saturated rings. The summed E-state index contributed by atoms with van der Waals surface area (Å²) in [4.78, 5) is 16.5. The highest BCUT2D eigenvalue weighted by molar-refractivity contribution is 7.89. The Hall–Kier alpha value is -3.64. The Morgan fingerprint density at radius 3 is 2.33 bits per heavy atom. The molecule has 2 aromatic carbocycles. The molecule has 0 saturated heterocycles. The number of rotatable bonds is 10. The first-order valence-corrected chi connectivity index (χ1v) is 11.1. The first-order valence-electron chi connectivity index (χ1n) is 9.65. The van der Waals surface area contributed by atoms with E-state index in [2.05, 4.69) is 14.9 Å². The summed E-state index contributed by atoms with van der Waals surface area (Å²) >= 11 is 0. The molecule has 3 aromatic rings. The number of benzene rings is 2. The van der Waals surface area contributed by atoms with Crippen molar-refractivity contribution in [3.63, 3.8) is 0 Å². The third kappa shape index (κ3) is 5.79. The largest absolute Gasteiger partial charge is 0.497 e. The van der Waals surface area contributed by atoms with Crippen molar-refractivity contribution in [2.45, 2.75) is 24.5 Å². The molecule has 0 spiro atoms. The van der Waals surface area contributed by atoms with E-state index < -0.39 is 22.0 Å². The molecule has 0 aliphatic rings. The molecule has 1 aromatic heterocycles. The average molecular weight is 477 g/mol. The zero-order valence-electron chi connectivity index (χ0n) is 18.4. The molecule has 1 heterocycles.